The lowest BCUT2D eigenvalue weighted by Crippen LogP contribution is -2.07. The third-order valence-electron chi connectivity index (χ3n) is 4.87. The number of non-ortho nitro benzene ring substituents is 1. The van der Waals surface area contributed by atoms with Crippen LogP contribution in [-0.2, 0) is 6.42 Å². The predicted molar refractivity (Wildman–Crippen MR) is 111 cm³/mol. The van der Waals surface area contributed by atoms with E-state index in [1.54, 1.807) is 42.9 Å². The van der Waals surface area contributed by atoms with E-state index in [-0.39, 0.29) is 17.4 Å². The van der Waals surface area contributed by atoms with Crippen LogP contribution in [0.5, 0.6) is 5.75 Å². The van der Waals surface area contributed by atoms with E-state index in [1.165, 1.54) is 12.1 Å². The van der Waals surface area contributed by atoms with Crippen LogP contribution in [0.2, 0.25) is 5.02 Å². The van der Waals surface area contributed by atoms with E-state index >= 15 is 0 Å². The van der Waals surface area contributed by atoms with Crippen molar-refractivity contribution in [3.8, 4) is 5.75 Å². The highest BCUT2D eigenvalue weighted by Gasteiger charge is 2.23. The Balaban J connectivity index is 1.91. The zero-order valence-corrected chi connectivity index (χ0v) is 16.0. The average Bonchev–Trinajstić information content (AvgIpc) is 2.75. The monoisotopic (exact) mass is 405 g/mol. The molecule has 1 atom stereocenters. The second-order valence-electron chi connectivity index (χ2n) is 6.67. The molecule has 0 bridgehead atoms. The molecule has 7 heteroatoms. The molecule has 0 aliphatic heterocycles. The summed E-state index contributed by atoms with van der Waals surface area (Å²) in [6.07, 6.45) is 5.49. The Morgan fingerprint density at radius 2 is 1.93 bits per heavy atom. The van der Waals surface area contributed by atoms with E-state index < -0.39 is 4.92 Å². The number of phenolic OH excluding ortho intramolecular Hbond substituents is 1. The molecule has 0 aliphatic rings. The highest BCUT2D eigenvalue weighted by molar-refractivity contribution is 6.35. The predicted octanol–water partition coefficient (Wildman–Crippen LogP) is 5.27. The molecule has 2 aromatic carbocycles. The van der Waals surface area contributed by atoms with Crippen LogP contribution in [0.1, 0.15) is 22.6 Å². The molecule has 1 unspecified atom stereocenters. The molecule has 0 saturated heterocycles. The van der Waals surface area contributed by atoms with Gasteiger partial charge in [0.05, 0.1) is 9.95 Å². The zero-order valence-electron chi connectivity index (χ0n) is 15.2. The molecule has 4 aromatic rings. The van der Waals surface area contributed by atoms with E-state index in [0.29, 0.717) is 33.5 Å². The fourth-order valence-electron chi connectivity index (χ4n) is 3.49. The Morgan fingerprint density at radius 3 is 2.69 bits per heavy atom. The molecule has 0 amide bonds. The number of phenols is 1. The largest absolute Gasteiger partial charge is 0.505 e. The van der Waals surface area contributed by atoms with Gasteiger partial charge in [-0.3, -0.25) is 20.1 Å². The number of pyridine rings is 2. The van der Waals surface area contributed by atoms with Gasteiger partial charge >= 0.3 is 0 Å². The number of nitro benzene ring substituents is 1. The summed E-state index contributed by atoms with van der Waals surface area (Å²) in [4.78, 5) is 19.3. The molecule has 2 aromatic heterocycles. The summed E-state index contributed by atoms with van der Waals surface area (Å²) in [6, 6.07) is 15.4. The van der Waals surface area contributed by atoms with Crippen LogP contribution in [0.25, 0.3) is 10.9 Å². The summed E-state index contributed by atoms with van der Waals surface area (Å²) in [5.74, 6) is -0.353. The molecule has 0 fully saturated rings. The Morgan fingerprint density at radius 1 is 1.10 bits per heavy atom. The topological polar surface area (TPSA) is 89.2 Å². The van der Waals surface area contributed by atoms with Crippen molar-refractivity contribution in [2.24, 2.45) is 0 Å². The lowest BCUT2D eigenvalue weighted by Gasteiger charge is -2.20. The van der Waals surface area contributed by atoms with Gasteiger partial charge in [0.15, 0.2) is 0 Å². The van der Waals surface area contributed by atoms with Crippen LogP contribution < -0.4 is 0 Å². The summed E-state index contributed by atoms with van der Waals surface area (Å²) in [5.41, 5.74) is 2.58. The number of fused-ring (bicyclic) bond motifs is 1. The van der Waals surface area contributed by atoms with Crippen molar-refractivity contribution in [3.05, 3.63) is 105 Å². The minimum Gasteiger partial charge on any atom is -0.505 e. The minimum absolute atomic E-state index is 0.0109. The molecule has 0 radical (unpaired) electrons. The highest BCUT2D eigenvalue weighted by Crippen LogP contribution is 2.41. The molecule has 1 N–H and O–H groups in total. The lowest BCUT2D eigenvalue weighted by atomic mass is 9.85. The first kappa shape index (κ1) is 18.8. The number of rotatable bonds is 5. The second-order valence-corrected chi connectivity index (χ2v) is 7.07. The summed E-state index contributed by atoms with van der Waals surface area (Å²) in [5, 5.41) is 23.4. The lowest BCUT2D eigenvalue weighted by molar-refractivity contribution is -0.384. The zero-order chi connectivity index (χ0) is 20.4. The molecular formula is C22H16ClN3O3. The first-order chi connectivity index (χ1) is 14.0. The Kier molecular flexibility index (Phi) is 5.10. The van der Waals surface area contributed by atoms with Crippen LogP contribution in [0.15, 0.2) is 73.2 Å². The number of nitrogens with zero attached hydrogens (tertiary/aromatic N) is 3. The molecule has 29 heavy (non-hydrogen) atoms. The summed E-state index contributed by atoms with van der Waals surface area (Å²) >= 11 is 6.48. The van der Waals surface area contributed by atoms with E-state index in [9.17, 15) is 15.2 Å². The van der Waals surface area contributed by atoms with Crippen LogP contribution >= 0.6 is 11.6 Å². The standard InChI is InChI=1S/C22H16ClN3O3/c23-20-12-19(22(27)21-17(20)7-3-9-25-21)18(10-14-4-2-8-24-13-14)15-5-1-6-16(11-15)26(28)29/h1-9,11-13,18,27H,10H2. The number of aromatic hydroxyl groups is 1. The SMILES string of the molecule is O=[N+]([O-])c1cccc(C(Cc2cccnc2)c2cc(Cl)c3cccnc3c2O)c1. The molecule has 144 valence electrons. The van der Waals surface area contributed by atoms with E-state index in [4.69, 9.17) is 11.6 Å². The van der Waals surface area contributed by atoms with Gasteiger partial charge in [-0.1, -0.05) is 29.8 Å². The van der Waals surface area contributed by atoms with Gasteiger partial charge in [0.1, 0.15) is 11.3 Å². The number of benzene rings is 2. The van der Waals surface area contributed by atoms with Gasteiger partial charge in [-0.25, -0.2) is 0 Å². The van der Waals surface area contributed by atoms with Crippen molar-refractivity contribution >= 4 is 28.2 Å². The van der Waals surface area contributed by atoms with Crippen LogP contribution in [0.3, 0.4) is 0 Å². The first-order valence-electron chi connectivity index (χ1n) is 8.94. The summed E-state index contributed by atoms with van der Waals surface area (Å²) in [6.45, 7) is 0. The molecule has 0 spiro atoms. The van der Waals surface area contributed by atoms with Gasteiger partial charge < -0.3 is 5.11 Å². The van der Waals surface area contributed by atoms with Gasteiger partial charge in [-0.05, 0) is 41.8 Å². The smallest absolute Gasteiger partial charge is 0.269 e. The van der Waals surface area contributed by atoms with Crippen LogP contribution in [0, 0.1) is 10.1 Å². The number of hydrogen-bond donors (Lipinski definition) is 1. The third-order valence-corrected chi connectivity index (χ3v) is 5.18. The molecule has 2 heterocycles. The maximum atomic E-state index is 11.3. The molecule has 6 nitrogen and oxygen atoms in total. The minimum atomic E-state index is -0.431. The van der Waals surface area contributed by atoms with E-state index in [0.717, 1.165) is 5.56 Å². The number of nitro groups is 1. The number of hydrogen-bond acceptors (Lipinski definition) is 5. The highest BCUT2D eigenvalue weighted by atomic mass is 35.5. The van der Waals surface area contributed by atoms with E-state index in [1.807, 2.05) is 18.2 Å². The number of halogens is 1. The van der Waals surface area contributed by atoms with Crippen molar-refractivity contribution in [3.63, 3.8) is 0 Å². The van der Waals surface area contributed by atoms with Gasteiger partial charge in [0, 0.05) is 47.6 Å². The van der Waals surface area contributed by atoms with Crippen molar-refractivity contribution in [1.29, 1.82) is 0 Å². The van der Waals surface area contributed by atoms with Gasteiger partial charge in [-0.15, -0.1) is 0 Å². The van der Waals surface area contributed by atoms with Crippen molar-refractivity contribution in [2.45, 2.75) is 12.3 Å². The van der Waals surface area contributed by atoms with Gasteiger partial charge in [0.25, 0.3) is 5.69 Å². The van der Waals surface area contributed by atoms with Crippen molar-refractivity contribution < 1.29 is 10.0 Å². The van der Waals surface area contributed by atoms with Crippen LogP contribution in [0.4, 0.5) is 5.69 Å². The van der Waals surface area contributed by atoms with Crippen molar-refractivity contribution in [1.82, 2.24) is 9.97 Å². The Bertz CT molecular complexity index is 1200. The summed E-state index contributed by atoms with van der Waals surface area (Å²) in [7, 11) is 0. The maximum absolute atomic E-state index is 11.3. The third kappa shape index (κ3) is 3.75. The molecular weight excluding hydrogens is 390 g/mol. The molecule has 0 saturated carbocycles. The fraction of sp³-hybridized carbons (Fsp3) is 0.0909. The normalized spacial score (nSPS) is 12.0. The summed E-state index contributed by atoms with van der Waals surface area (Å²) < 4.78 is 0. The molecule has 4 rings (SSSR count). The quantitative estimate of drug-likeness (QED) is 0.361. The Labute approximate surface area is 171 Å². The first-order valence-corrected chi connectivity index (χ1v) is 9.31. The van der Waals surface area contributed by atoms with E-state index in [2.05, 4.69) is 9.97 Å². The maximum Gasteiger partial charge on any atom is 0.269 e. The fourth-order valence-corrected chi connectivity index (χ4v) is 3.76. The van der Waals surface area contributed by atoms with Crippen molar-refractivity contribution in [2.75, 3.05) is 0 Å². The number of aromatic nitrogens is 2. The van der Waals surface area contributed by atoms with Gasteiger partial charge in [-0.2, -0.15) is 0 Å². The van der Waals surface area contributed by atoms with Crippen LogP contribution in [-0.4, -0.2) is 20.0 Å². The van der Waals surface area contributed by atoms with Gasteiger partial charge in [0.2, 0.25) is 0 Å². The second kappa shape index (κ2) is 7.85. The average molecular weight is 406 g/mol. The molecule has 0 aliphatic carbocycles. The Hall–Kier alpha value is -3.51.